The quantitative estimate of drug-likeness (QED) is 0.504. The zero-order valence-electron chi connectivity index (χ0n) is 20.1. The summed E-state index contributed by atoms with van der Waals surface area (Å²) in [5.74, 6) is 0.783. The van der Waals surface area contributed by atoms with Gasteiger partial charge >= 0.3 is 0 Å². The van der Waals surface area contributed by atoms with Crippen LogP contribution >= 0.6 is 0 Å². The zero-order chi connectivity index (χ0) is 24.9. The summed E-state index contributed by atoms with van der Waals surface area (Å²) in [6, 6.07) is 14.3. The maximum Gasteiger partial charge on any atom is 0.203 e. The van der Waals surface area contributed by atoms with Crippen molar-refractivity contribution in [3.8, 4) is 23.0 Å². The molecule has 1 aliphatic heterocycles. The predicted molar refractivity (Wildman–Crippen MR) is 129 cm³/mol. The van der Waals surface area contributed by atoms with Crippen molar-refractivity contribution >= 4 is 0 Å². The lowest BCUT2D eigenvalue weighted by Gasteiger charge is -2.40. The number of nitrogens with zero attached hydrogens (tertiary/aromatic N) is 2. The van der Waals surface area contributed by atoms with Crippen LogP contribution in [0.25, 0.3) is 0 Å². The fraction of sp³-hybridized carbons (Fsp3) is 0.333. The van der Waals surface area contributed by atoms with Crippen LogP contribution in [-0.2, 0) is 6.54 Å². The third-order valence-electron chi connectivity index (χ3n) is 6.43. The van der Waals surface area contributed by atoms with Crippen LogP contribution in [0.1, 0.15) is 22.7 Å². The Morgan fingerprint density at radius 3 is 1.74 bits per heavy atom. The van der Waals surface area contributed by atoms with Crippen molar-refractivity contribution in [1.29, 1.82) is 0 Å². The Morgan fingerprint density at radius 1 is 0.771 bits per heavy atom. The standard InChI is InChI=1S/C27H30F2N2O4/c1-33-24-16-23(32)22(26(34-2)27(24)35-3)17-30-12-14-31(15-13-30)25(18-4-8-20(28)9-5-18)19-6-10-21(29)11-7-19/h4-11,16,25,32H,12-15,17H2,1-3H3. The normalized spacial score (nSPS) is 14.8. The smallest absolute Gasteiger partial charge is 0.203 e. The summed E-state index contributed by atoms with van der Waals surface area (Å²) in [4.78, 5) is 4.54. The average Bonchev–Trinajstić information content (AvgIpc) is 2.88. The van der Waals surface area contributed by atoms with Crippen LogP contribution in [0.3, 0.4) is 0 Å². The summed E-state index contributed by atoms with van der Waals surface area (Å²) in [7, 11) is 4.58. The van der Waals surface area contributed by atoms with Crippen LogP contribution in [0.4, 0.5) is 8.78 Å². The van der Waals surface area contributed by atoms with Crippen molar-refractivity contribution in [3.05, 3.63) is 82.9 Å². The minimum Gasteiger partial charge on any atom is -0.507 e. The lowest BCUT2D eigenvalue weighted by Crippen LogP contribution is -2.47. The van der Waals surface area contributed by atoms with Crippen molar-refractivity contribution in [2.45, 2.75) is 12.6 Å². The molecule has 3 aromatic rings. The van der Waals surface area contributed by atoms with E-state index in [1.54, 1.807) is 24.3 Å². The SMILES string of the molecule is COc1cc(O)c(CN2CCN(C(c3ccc(F)cc3)c3ccc(F)cc3)CC2)c(OC)c1OC. The maximum atomic E-state index is 13.6. The van der Waals surface area contributed by atoms with Crippen molar-refractivity contribution in [1.82, 2.24) is 9.80 Å². The van der Waals surface area contributed by atoms with E-state index >= 15 is 0 Å². The Balaban J connectivity index is 1.54. The van der Waals surface area contributed by atoms with Gasteiger partial charge in [0, 0.05) is 38.8 Å². The molecule has 0 atom stereocenters. The van der Waals surface area contributed by atoms with Gasteiger partial charge in [-0.25, -0.2) is 8.78 Å². The van der Waals surface area contributed by atoms with E-state index in [0.29, 0.717) is 29.4 Å². The Bertz CT molecular complexity index is 1090. The summed E-state index contributed by atoms with van der Waals surface area (Å²) in [5, 5.41) is 10.7. The number of halogens is 2. The van der Waals surface area contributed by atoms with E-state index in [2.05, 4.69) is 9.80 Å². The highest BCUT2D eigenvalue weighted by Crippen LogP contribution is 2.45. The predicted octanol–water partition coefficient (Wildman–Crippen LogP) is 4.60. The number of benzene rings is 3. The molecule has 0 spiro atoms. The molecule has 0 saturated carbocycles. The molecule has 186 valence electrons. The maximum absolute atomic E-state index is 13.6. The van der Waals surface area contributed by atoms with Gasteiger partial charge in [0.25, 0.3) is 0 Å². The number of phenolic OH excluding ortho intramolecular Hbond substituents is 1. The van der Waals surface area contributed by atoms with Gasteiger partial charge in [-0.2, -0.15) is 0 Å². The van der Waals surface area contributed by atoms with Gasteiger partial charge in [-0.1, -0.05) is 24.3 Å². The average molecular weight is 485 g/mol. The van der Waals surface area contributed by atoms with E-state index in [-0.39, 0.29) is 23.4 Å². The molecule has 1 fully saturated rings. The first-order chi connectivity index (χ1) is 16.9. The second-order valence-electron chi connectivity index (χ2n) is 8.46. The van der Waals surface area contributed by atoms with Crippen LogP contribution in [0.2, 0.25) is 0 Å². The third-order valence-corrected chi connectivity index (χ3v) is 6.43. The number of ether oxygens (including phenoxy) is 3. The second-order valence-corrected chi connectivity index (χ2v) is 8.46. The number of methoxy groups -OCH3 is 3. The highest BCUT2D eigenvalue weighted by molar-refractivity contribution is 5.61. The fourth-order valence-corrected chi connectivity index (χ4v) is 4.66. The summed E-state index contributed by atoms with van der Waals surface area (Å²) >= 11 is 0. The molecule has 8 heteroatoms. The van der Waals surface area contributed by atoms with Crippen LogP contribution in [-0.4, -0.2) is 62.4 Å². The van der Waals surface area contributed by atoms with E-state index in [1.165, 1.54) is 51.7 Å². The molecular formula is C27H30F2N2O4. The van der Waals surface area contributed by atoms with Crippen LogP contribution in [0.15, 0.2) is 54.6 Å². The Labute approximate surface area is 204 Å². The molecule has 1 saturated heterocycles. The van der Waals surface area contributed by atoms with Gasteiger partial charge < -0.3 is 19.3 Å². The first-order valence-corrected chi connectivity index (χ1v) is 11.4. The van der Waals surface area contributed by atoms with Crippen LogP contribution in [0, 0.1) is 11.6 Å². The van der Waals surface area contributed by atoms with Crippen LogP contribution < -0.4 is 14.2 Å². The molecular weight excluding hydrogens is 454 g/mol. The molecule has 35 heavy (non-hydrogen) atoms. The largest absolute Gasteiger partial charge is 0.507 e. The van der Waals surface area contributed by atoms with Gasteiger partial charge in [0.15, 0.2) is 11.5 Å². The van der Waals surface area contributed by atoms with E-state index in [4.69, 9.17) is 14.2 Å². The summed E-state index contributed by atoms with van der Waals surface area (Å²) in [6.45, 7) is 3.40. The van der Waals surface area contributed by atoms with Gasteiger partial charge in [0.05, 0.1) is 32.9 Å². The van der Waals surface area contributed by atoms with Crippen molar-refractivity contribution in [2.24, 2.45) is 0 Å². The van der Waals surface area contributed by atoms with Crippen LogP contribution in [0.5, 0.6) is 23.0 Å². The minimum atomic E-state index is -0.292. The Hall–Kier alpha value is -3.36. The third kappa shape index (κ3) is 5.33. The van der Waals surface area contributed by atoms with Gasteiger partial charge in [0.2, 0.25) is 5.75 Å². The highest BCUT2D eigenvalue weighted by atomic mass is 19.1. The molecule has 1 aliphatic rings. The molecule has 0 radical (unpaired) electrons. The first kappa shape index (κ1) is 24.8. The van der Waals surface area contributed by atoms with Crippen molar-refractivity contribution in [2.75, 3.05) is 47.5 Å². The molecule has 1 N–H and O–H groups in total. The Morgan fingerprint density at radius 2 is 1.29 bits per heavy atom. The minimum absolute atomic E-state index is 0.0810. The number of rotatable bonds is 8. The lowest BCUT2D eigenvalue weighted by molar-refractivity contribution is 0.103. The van der Waals surface area contributed by atoms with E-state index in [1.807, 2.05) is 0 Å². The van der Waals surface area contributed by atoms with E-state index in [0.717, 1.165) is 37.3 Å². The van der Waals surface area contributed by atoms with E-state index < -0.39 is 0 Å². The molecule has 1 heterocycles. The molecule has 0 unspecified atom stereocenters. The Kier molecular flexibility index (Phi) is 7.73. The van der Waals surface area contributed by atoms with E-state index in [9.17, 15) is 13.9 Å². The molecule has 0 aliphatic carbocycles. The van der Waals surface area contributed by atoms with Gasteiger partial charge in [-0.15, -0.1) is 0 Å². The van der Waals surface area contributed by atoms with Gasteiger partial charge in [-0.05, 0) is 35.4 Å². The number of hydrogen-bond donors (Lipinski definition) is 1. The molecule has 6 nitrogen and oxygen atoms in total. The summed E-state index contributed by atoms with van der Waals surface area (Å²) < 4.78 is 43.5. The zero-order valence-corrected chi connectivity index (χ0v) is 20.1. The molecule has 3 aromatic carbocycles. The molecule has 4 rings (SSSR count). The fourth-order valence-electron chi connectivity index (χ4n) is 4.66. The second kappa shape index (κ2) is 10.9. The molecule has 0 aromatic heterocycles. The number of piperazine rings is 1. The topological polar surface area (TPSA) is 54.4 Å². The summed E-state index contributed by atoms with van der Waals surface area (Å²) in [6.07, 6.45) is 0. The van der Waals surface area contributed by atoms with Crippen molar-refractivity contribution in [3.63, 3.8) is 0 Å². The lowest BCUT2D eigenvalue weighted by atomic mass is 9.96. The number of phenols is 1. The number of hydrogen-bond acceptors (Lipinski definition) is 6. The number of aromatic hydroxyl groups is 1. The monoisotopic (exact) mass is 484 g/mol. The van der Waals surface area contributed by atoms with Crippen molar-refractivity contribution < 1.29 is 28.1 Å². The molecule has 0 amide bonds. The molecule has 0 bridgehead atoms. The highest BCUT2D eigenvalue weighted by Gasteiger charge is 2.28. The summed E-state index contributed by atoms with van der Waals surface area (Å²) in [5.41, 5.74) is 2.53. The van der Waals surface area contributed by atoms with Gasteiger partial charge in [0.1, 0.15) is 17.4 Å². The first-order valence-electron chi connectivity index (χ1n) is 11.4. The van der Waals surface area contributed by atoms with Gasteiger partial charge in [-0.3, -0.25) is 9.80 Å².